The van der Waals surface area contributed by atoms with Crippen molar-refractivity contribution in [2.75, 3.05) is 6.54 Å². The first-order valence-electron chi connectivity index (χ1n) is 7.86. The van der Waals surface area contributed by atoms with E-state index in [0.29, 0.717) is 12.6 Å². The van der Waals surface area contributed by atoms with Crippen LogP contribution in [0.25, 0.3) is 0 Å². The second kappa shape index (κ2) is 5.92. The Balaban J connectivity index is 1.79. The SMILES string of the molecule is O=C(O)CC1CCCCN1C(=O)c1cccn1C1CCC1. The first-order valence-corrected chi connectivity index (χ1v) is 7.86. The van der Waals surface area contributed by atoms with Gasteiger partial charge in [-0.1, -0.05) is 0 Å². The average Bonchev–Trinajstić information content (AvgIpc) is 2.85. The zero-order valence-corrected chi connectivity index (χ0v) is 12.2. The second-order valence-electron chi connectivity index (χ2n) is 6.13. The standard InChI is InChI=1S/C16H22N2O3/c19-15(20)11-13-5-1-2-9-18(13)16(21)14-8-4-10-17(14)12-6-3-7-12/h4,8,10,12-13H,1-3,5-7,9,11H2,(H,19,20). The fourth-order valence-corrected chi connectivity index (χ4v) is 3.39. The van der Waals surface area contributed by atoms with Crippen molar-refractivity contribution in [3.8, 4) is 0 Å². The van der Waals surface area contributed by atoms with Crippen LogP contribution < -0.4 is 0 Å². The molecule has 21 heavy (non-hydrogen) atoms. The maximum Gasteiger partial charge on any atom is 0.305 e. The third kappa shape index (κ3) is 2.82. The monoisotopic (exact) mass is 290 g/mol. The topological polar surface area (TPSA) is 62.5 Å². The number of carbonyl (C=O) groups is 2. The van der Waals surface area contributed by atoms with E-state index < -0.39 is 5.97 Å². The van der Waals surface area contributed by atoms with E-state index in [-0.39, 0.29) is 18.4 Å². The first-order chi connectivity index (χ1) is 10.2. The molecule has 1 aliphatic carbocycles. The molecule has 3 rings (SSSR count). The number of carboxylic acids is 1. The summed E-state index contributed by atoms with van der Waals surface area (Å²) < 4.78 is 2.08. The number of aliphatic carboxylic acids is 1. The minimum absolute atomic E-state index is 0.00199. The van der Waals surface area contributed by atoms with Crippen molar-refractivity contribution in [2.45, 2.75) is 57.0 Å². The molecule has 1 aromatic heterocycles. The van der Waals surface area contributed by atoms with Gasteiger partial charge in [0.15, 0.2) is 0 Å². The maximum atomic E-state index is 12.8. The van der Waals surface area contributed by atoms with Gasteiger partial charge in [0.2, 0.25) is 0 Å². The molecule has 0 bridgehead atoms. The summed E-state index contributed by atoms with van der Waals surface area (Å²) in [4.78, 5) is 25.6. The van der Waals surface area contributed by atoms with Crippen molar-refractivity contribution in [2.24, 2.45) is 0 Å². The van der Waals surface area contributed by atoms with Gasteiger partial charge in [0.05, 0.1) is 6.42 Å². The van der Waals surface area contributed by atoms with Crippen molar-refractivity contribution in [3.63, 3.8) is 0 Å². The van der Waals surface area contributed by atoms with E-state index in [9.17, 15) is 9.59 Å². The molecular formula is C16H22N2O3. The van der Waals surface area contributed by atoms with Crippen LogP contribution in [0.3, 0.4) is 0 Å². The van der Waals surface area contributed by atoms with Gasteiger partial charge in [-0.05, 0) is 50.7 Å². The molecule has 114 valence electrons. The van der Waals surface area contributed by atoms with Gasteiger partial charge in [0.25, 0.3) is 5.91 Å². The number of likely N-dealkylation sites (tertiary alicyclic amines) is 1. The molecule has 1 aromatic rings. The van der Waals surface area contributed by atoms with E-state index in [2.05, 4.69) is 4.57 Å². The lowest BCUT2D eigenvalue weighted by Gasteiger charge is -2.36. The second-order valence-corrected chi connectivity index (χ2v) is 6.13. The molecule has 0 spiro atoms. The van der Waals surface area contributed by atoms with Gasteiger partial charge in [0, 0.05) is 24.8 Å². The Morgan fingerprint density at radius 1 is 1.19 bits per heavy atom. The van der Waals surface area contributed by atoms with Crippen LogP contribution in [0, 0.1) is 0 Å². The van der Waals surface area contributed by atoms with Crippen LogP contribution in [0.15, 0.2) is 18.3 Å². The number of aromatic nitrogens is 1. The Morgan fingerprint density at radius 3 is 2.67 bits per heavy atom. The van der Waals surface area contributed by atoms with Gasteiger partial charge < -0.3 is 14.6 Å². The van der Waals surface area contributed by atoms with E-state index >= 15 is 0 Å². The Hall–Kier alpha value is -1.78. The number of rotatable bonds is 4. The van der Waals surface area contributed by atoms with E-state index in [0.717, 1.165) is 37.8 Å². The minimum Gasteiger partial charge on any atom is -0.481 e. The third-order valence-corrected chi connectivity index (χ3v) is 4.76. The Morgan fingerprint density at radius 2 is 2.00 bits per heavy atom. The number of amides is 1. The summed E-state index contributed by atoms with van der Waals surface area (Å²) in [5.41, 5.74) is 0.719. The smallest absolute Gasteiger partial charge is 0.305 e. The first kappa shape index (κ1) is 14.2. The highest BCUT2D eigenvalue weighted by Crippen LogP contribution is 2.33. The molecule has 0 radical (unpaired) electrons. The number of hydrogen-bond acceptors (Lipinski definition) is 2. The number of nitrogens with zero attached hydrogens (tertiary/aromatic N) is 2. The quantitative estimate of drug-likeness (QED) is 0.927. The number of piperidine rings is 1. The van der Waals surface area contributed by atoms with E-state index in [4.69, 9.17) is 5.11 Å². The molecule has 2 aliphatic rings. The number of hydrogen-bond donors (Lipinski definition) is 1. The van der Waals surface area contributed by atoms with Crippen molar-refractivity contribution >= 4 is 11.9 Å². The van der Waals surface area contributed by atoms with Crippen LogP contribution in [-0.4, -0.2) is 39.0 Å². The van der Waals surface area contributed by atoms with Gasteiger partial charge in [0.1, 0.15) is 5.69 Å². The van der Waals surface area contributed by atoms with Crippen LogP contribution in [0.4, 0.5) is 0 Å². The fourth-order valence-electron chi connectivity index (χ4n) is 3.39. The summed E-state index contributed by atoms with van der Waals surface area (Å²) in [7, 11) is 0. The molecule has 1 amide bonds. The maximum absolute atomic E-state index is 12.8. The lowest BCUT2D eigenvalue weighted by atomic mass is 9.92. The molecular weight excluding hydrogens is 268 g/mol. The Kier molecular flexibility index (Phi) is 3.99. The normalized spacial score (nSPS) is 22.9. The largest absolute Gasteiger partial charge is 0.481 e. The van der Waals surface area contributed by atoms with Gasteiger partial charge in [-0.2, -0.15) is 0 Å². The molecule has 2 heterocycles. The lowest BCUT2D eigenvalue weighted by molar-refractivity contribution is -0.138. The summed E-state index contributed by atoms with van der Waals surface area (Å²) in [5, 5.41) is 9.04. The fraction of sp³-hybridized carbons (Fsp3) is 0.625. The summed E-state index contributed by atoms with van der Waals surface area (Å²) in [6.45, 7) is 0.673. The van der Waals surface area contributed by atoms with Crippen molar-refractivity contribution in [3.05, 3.63) is 24.0 Å². The molecule has 1 N–H and O–H groups in total. The van der Waals surface area contributed by atoms with Gasteiger partial charge in [-0.3, -0.25) is 9.59 Å². The summed E-state index contributed by atoms with van der Waals surface area (Å²) in [5.74, 6) is -0.827. The zero-order chi connectivity index (χ0) is 14.8. The summed E-state index contributed by atoms with van der Waals surface area (Å²) >= 11 is 0. The summed E-state index contributed by atoms with van der Waals surface area (Å²) in [6.07, 6.45) is 8.28. The summed E-state index contributed by atoms with van der Waals surface area (Å²) in [6, 6.07) is 4.07. The lowest BCUT2D eigenvalue weighted by Crippen LogP contribution is -2.45. The van der Waals surface area contributed by atoms with Crippen LogP contribution in [0.2, 0.25) is 0 Å². The predicted molar refractivity (Wildman–Crippen MR) is 78.2 cm³/mol. The molecule has 1 aliphatic heterocycles. The van der Waals surface area contributed by atoms with Crippen molar-refractivity contribution in [1.82, 2.24) is 9.47 Å². The highest BCUT2D eigenvalue weighted by molar-refractivity contribution is 5.93. The Bertz CT molecular complexity index is 533. The van der Waals surface area contributed by atoms with Gasteiger partial charge in [-0.25, -0.2) is 0 Å². The van der Waals surface area contributed by atoms with Crippen molar-refractivity contribution in [1.29, 1.82) is 0 Å². The predicted octanol–water partition coefficient (Wildman–Crippen LogP) is 2.68. The molecule has 0 aromatic carbocycles. The third-order valence-electron chi connectivity index (χ3n) is 4.76. The minimum atomic E-state index is -0.825. The van der Waals surface area contributed by atoms with Crippen LogP contribution >= 0.6 is 0 Å². The van der Waals surface area contributed by atoms with Crippen LogP contribution in [-0.2, 0) is 4.79 Å². The molecule has 5 heteroatoms. The van der Waals surface area contributed by atoms with Crippen LogP contribution in [0.5, 0.6) is 0 Å². The number of carbonyl (C=O) groups excluding carboxylic acids is 1. The highest BCUT2D eigenvalue weighted by atomic mass is 16.4. The molecule has 1 unspecified atom stereocenters. The molecule has 1 atom stereocenters. The number of carboxylic acid groups (broad SMARTS) is 1. The van der Waals surface area contributed by atoms with Gasteiger partial charge >= 0.3 is 5.97 Å². The molecule has 1 saturated heterocycles. The molecule has 5 nitrogen and oxygen atoms in total. The van der Waals surface area contributed by atoms with E-state index in [1.165, 1.54) is 6.42 Å². The van der Waals surface area contributed by atoms with E-state index in [1.54, 1.807) is 4.90 Å². The average molecular weight is 290 g/mol. The van der Waals surface area contributed by atoms with Crippen LogP contribution in [0.1, 0.15) is 61.5 Å². The van der Waals surface area contributed by atoms with E-state index in [1.807, 2.05) is 18.3 Å². The Labute approximate surface area is 124 Å². The highest BCUT2D eigenvalue weighted by Gasteiger charge is 2.31. The van der Waals surface area contributed by atoms with Crippen molar-refractivity contribution < 1.29 is 14.7 Å². The zero-order valence-electron chi connectivity index (χ0n) is 12.2. The molecule has 2 fully saturated rings. The molecule has 1 saturated carbocycles. The van der Waals surface area contributed by atoms with Gasteiger partial charge in [-0.15, -0.1) is 0 Å².